The summed E-state index contributed by atoms with van der Waals surface area (Å²) in [5, 5.41) is 0.618. The Labute approximate surface area is 133 Å². The van der Waals surface area contributed by atoms with Crippen molar-refractivity contribution < 1.29 is 14.3 Å². The summed E-state index contributed by atoms with van der Waals surface area (Å²) in [6.45, 7) is 1.98. The van der Waals surface area contributed by atoms with Crippen LogP contribution in [0, 0.1) is 0 Å². The van der Waals surface area contributed by atoms with Crippen LogP contribution >= 0.6 is 0 Å². The molecule has 3 aromatic rings. The molecule has 1 aromatic heterocycles. The molecule has 3 rings (SSSR count). The maximum absolute atomic E-state index is 12.8. The lowest BCUT2D eigenvalue weighted by Crippen LogP contribution is -2.14. The number of esters is 1. The highest BCUT2D eigenvalue weighted by Crippen LogP contribution is 2.23. The van der Waals surface area contributed by atoms with Gasteiger partial charge in [-0.2, -0.15) is 0 Å². The lowest BCUT2D eigenvalue weighted by Gasteiger charge is -2.11. The van der Waals surface area contributed by atoms with Crippen LogP contribution in [0.25, 0.3) is 10.9 Å². The molecule has 0 aliphatic rings. The number of para-hydroxylation sites is 1. The standard InChI is InChI=1S/C19H15NO3/c1-2-23-19(22)17-14-10-6-7-11-16(14)20-12-15(17)18(21)13-8-4-3-5-9-13/h3-12H,2H2,1H3. The fourth-order valence-corrected chi connectivity index (χ4v) is 2.48. The van der Waals surface area contributed by atoms with Crippen LogP contribution in [0.15, 0.2) is 60.8 Å². The number of hydrogen-bond acceptors (Lipinski definition) is 4. The second-order valence-electron chi connectivity index (χ2n) is 4.98. The minimum atomic E-state index is -0.509. The summed E-state index contributed by atoms with van der Waals surface area (Å²) in [5.41, 5.74) is 1.69. The molecule has 114 valence electrons. The average Bonchev–Trinajstić information content (AvgIpc) is 2.61. The van der Waals surface area contributed by atoms with Gasteiger partial charge in [-0.15, -0.1) is 0 Å². The molecule has 0 aliphatic carbocycles. The van der Waals surface area contributed by atoms with Crippen LogP contribution in [0.2, 0.25) is 0 Å². The third-order valence-corrected chi connectivity index (χ3v) is 3.54. The Hall–Kier alpha value is -3.01. The Balaban J connectivity index is 2.22. The first-order valence-electron chi connectivity index (χ1n) is 7.37. The quantitative estimate of drug-likeness (QED) is 0.545. The number of pyridine rings is 1. The van der Waals surface area contributed by atoms with Crippen molar-refractivity contribution in [3.8, 4) is 0 Å². The molecule has 4 nitrogen and oxygen atoms in total. The van der Waals surface area contributed by atoms with Gasteiger partial charge in [0.15, 0.2) is 5.78 Å². The predicted octanol–water partition coefficient (Wildman–Crippen LogP) is 3.64. The molecule has 0 spiro atoms. The number of ketones is 1. The zero-order chi connectivity index (χ0) is 16.2. The zero-order valence-electron chi connectivity index (χ0n) is 12.7. The highest BCUT2D eigenvalue weighted by Gasteiger charge is 2.22. The van der Waals surface area contributed by atoms with E-state index in [1.54, 1.807) is 43.3 Å². The highest BCUT2D eigenvalue weighted by molar-refractivity contribution is 6.18. The maximum Gasteiger partial charge on any atom is 0.339 e. The van der Waals surface area contributed by atoms with E-state index in [1.807, 2.05) is 18.2 Å². The summed E-state index contributed by atoms with van der Waals surface area (Å²) in [5.74, 6) is -0.753. The molecule has 0 amide bonds. The first-order chi connectivity index (χ1) is 11.2. The molecule has 0 saturated carbocycles. The zero-order valence-corrected chi connectivity index (χ0v) is 12.7. The third kappa shape index (κ3) is 2.83. The van der Waals surface area contributed by atoms with Crippen molar-refractivity contribution in [3.05, 3.63) is 77.5 Å². The molecule has 0 atom stereocenters. The average molecular weight is 305 g/mol. The normalized spacial score (nSPS) is 10.5. The number of carbonyl (C=O) groups excluding carboxylic acids is 2. The van der Waals surface area contributed by atoms with Gasteiger partial charge < -0.3 is 4.74 Å². The van der Waals surface area contributed by atoms with Gasteiger partial charge >= 0.3 is 5.97 Å². The van der Waals surface area contributed by atoms with Crippen LogP contribution in [0.3, 0.4) is 0 Å². The smallest absolute Gasteiger partial charge is 0.339 e. The number of hydrogen-bond donors (Lipinski definition) is 0. The van der Waals surface area contributed by atoms with Crippen molar-refractivity contribution in [3.63, 3.8) is 0 Å². The third-order valence-electron chi connectivity index (χ3n) is 3.54. The number of fused-ring (bicyclic) bond motifs is 1. The molecule has 4 heteroatoms. The molecule has 0 aliphatic heterocycles. The number of ether oxygens (including phenoxy) is 1. The van der Waals surface area contributed by atoms with Gasteiger partial charge in [0.05, 0.1) is 23.3 Å². The fraction of sp³-hybridized carbons (Fsp3) is 0.105. The van der Waals surface area contributed by atoms with Gasteiger partial charge in [-0.25, -0.2) is 4.79 Å². The minimum Gasteiger partial charge on any atom is -0.462 e. The fourth-order valence-electron chi connectivity index (χ4n) is 2.48. The number of benzene rings is 2. The molecule has 0 N–H and O–H groups in total. The second kappa shape index (κ2) is 6.40. The molecule has 0 saturated heterocycles. The first-order valence-corrected chi connectivity index (χ1v) is 7.37. The van der Waals surface area contributed by atoms with Crippen molar-refractivity contribution in [1.29, 1.82) is 0 Å². The van der Waals surface area contributed by atoms with Crippen molar-refractivity contribution in [1.82, 2.24) is 4.98 Å². The Morgan fingerprint density at radius 2 is 1.70 bits per heavy atom. The molecule has 23 heavy (non-hydrogen) atoms. The van der Waals surface area contributed by atoms with E-state index in [9.17, 15) is 9.59 Å². The van der Waals surface area contributed by atoms with Gasteiger partial charge in [0.2, 0.25) is 0 Å². The molecule has 0 radical (unpaired) electrons. The van der Waals surface area contributed by atoms with E-state index in [0.29, 0.717) is 16.5 Å². The van der Waals surface area contributed by atoms with Crippen LogP contribution in [0.1, 0.15) is 33.2 Å². The molecule has 0 bridgehead atoms. The summed E-state index contributed by atoms with van der Waals surface area (Å²) in [6, 6.07) is 16.1. The summed E-state index contributed by atoms with van der Waals surface area (Å²) >= 11 is 0. The molecular formula is C19H15NO3. The van der Waals surface area contributed by atoms with Crippen LogP contribution in [0.4, 0.5) is 0 Å². The highest BCUT2D eigenvalue weighted by atomic mass is 16.5. The number of aromatic nitrogens is 1. The van der Waals surface area contributed by atoms with Gasteiger partial charge in [-0.3, -0.25) is 9.78 Å². The van der Waals surface area contributed by atoms with Crippen LogP contribution in [-0.4, -0.2) is 23.3 Å². The van der Waals surface area contributed by atoms with Crippen molar-refractivity contribution >= 4 is 22.7 Å². The van der Waals surface area contributed by atoms with Crippen LogP contribution < -0.4 is 0 Å². The maximum atomic E-state index is 12.8. The number of rotatable bonds is 4. The summed E-state index contributed by atoms with van der Waals surface area (Å²) < 4.78 is 5.14. The first kappa shape index (κ1) is 14.9. The van der Waals surface area contributed by atoms with Gasteiger partial charge in [0.25, 0.3) is 0 Å². The number of carbonyl (C=O) groups is 2. The van der Waals surface area contributed by atoms with Gasteiger partial charge in [-0.1, -0.05) is 48.5 Å². The van der Waals surface area contributed by atoms with Crippen molar-refractivity contribution in [2.75, 3.05) is 6.61 Å². The minimum absolute atomic E-state index is 0.244. The van der Waals surface area contributed by atoms with Crippen LogP contribution in [0.5, 0.6) is 0 Å². The summed E-state index contributed by atoms with van der Waals surface area (Å²) in [7, 11) is 0. The van der Waals surface area contributed by atoms with Gasteiger partial charge in [-0.05, 0) is 13.0 Å². The van der Waals surface area contributed by atoms with E-state index >= 15 is 0 Å². The Bertz CT molecular complexity index is 872. The molecule has 2 aromatic carbocycles. The SMILES string of the molecule is CCOC(=O)c1c(C(=O)c2ccccc2)cnc2ccccc12. The predicted molar refractivity (Wildman–Crippen MR) is 87.6 cm³/mol. The van der Waals surface area contributed by atoms with Crippen molar-refractivity contribution in [2.24, 2.45) is 0 Å². The largest absolute Gasteiger partial charge is 0.462 e. The van der Waals surface area contributed by atoms with E-state index in [2.05, 4.69) is 4.98 Å². The Morgan fingerprint density at radius 3 is 2.43 bits per heavy atom. The van der Waals surface area contributed by atoms with E-state index in [4.69, 9.17) is 4.74 Å². The van der Waals surface area contributed by atoms with E-state index in [-0.39, 0.29) is 23.5 Å². The van der Waals surface area contributed by atoms with Gasteiger partial charge in [0.1, 0.15) is 0 Å². The Kier molecular flexibility index (Phi) is 4.15. The Morgan fingerprint density at radius 1 is 1.00 bits per heavy atom. The van der Waals surface area contributed by atoms with Gasteiger partial charge in [0, 0.05) is 17.1 Å². The topological polar surface area (TPSA) is 56.3 Å². The van der Waals surface area contributed by atoms with E-state index in [1.165, 1.54) is 6.20 Å². The monoisotopic (exact) mass is 305 g/mol. The molecular weight excluding hydrogens is 290 g/mol. The lowest BCUT2D eigenvalue weighted by atomic mass is 9.97. The summed E-state index contributed by atoms with van der Waals surface area (Å²) in [4.78, 5) is 29.5. The van der Waals surface area contributed by atoms with E-state index in [0.717, 1.165) is 0 Å². The molecule has 0 unspecified atom stereocenters. The van der Waals surface area contributed by atoms with E-state index < -0.39 is 5.97 Å². The second-order valence-corrected chi connectivity index (χ2v) is 4.98. The summed E-state index contributed by atoms with van der Waals surface area (Å²) in [6.07, 6.45) is 1.45. The molecule has 1 heterocycles. The molecule has 0 fully saturated rings. The van der Waals surface area contributed by atoms with Crippen molar-refractivity contribution in [2.45, 2.75) is 6.92 Å². The van der Waals surface area contributed by atoms with Crippen LogP contribution in [-0.2, 0) is 4.74 Å². The lowest BCUT2D eigenvalue weighted by molar-refractivity contribution is 0.0526. The number of nitrogens with zero attached hydrogens (tertiary/aromatic N) is 1.